The highest BCUT2D eigenvalue weighted by Crippen LogP contribution is 2.55. The Balaban J connectivity index is 1.56. The highest BCUT2D eigenvalue weighted by atomic mass is 16.6. The first-order valence-electron chi connectivity index (χ1n) is 11.1. The minimum atomic E-state index is -0.971. The standard InChI is InChI=1S/C28H22N2O2/c1-17-7-9-25-21(11-17)15-29-26-10-8-18(2)12-22(26)16-30(25)28(29)24-14-20-6-4-3-5-19(20)13-23(24)27(31)32-28/h3-14H,15-16H2,1-2H3. The van der Waals surface area contributed by atoms with Crippen LogP contribution in [0.5, 0.6) is 0 Å². The molecule has 0 unspecified atom stereocenters. The molecule has 0 saturated heterocycles. The van der Waals surface area contributed by atoms with Crippen LogP contribution in [0.15, 0.2) is 72.8 Å². The van der Waals surface area contributed by atoms with Gasteiger partial charge in [0, 0.05) is 11.4 Å². The Morgan fingerprint density at radius 2 is 1.31 bits per heavy atom. The van der Waals surface area contributed by atoms with Gasteiger partial charge in [0.2, 0.25) is 0 Å². The van der Waals surface area contributed by atoms with Gasteiger partial charge < -0.3 is 14.5 Å². The number of hydrogen-bond acceptors (Lipinski definition) is 4. The molecule has 0 aliphatic carbocycles. The summed E-state index contributed by atoms with van der Waals surface area (Å²) in [5.74, 6) is -1.23. The van der Waals surface area contributed by atoms with Crippen molar-refractivity contribution in [2.75, 3.05) is 9.80 Å². The van der Waals surface area contributed by atoms with E-state index in [4.69, 9.17) is 4.74 Å². The number of aryl methyl sites for hydroxylation is 2. The summed E-state index contributed by atoms with van der Waals surface area (Å²) in [6.07, 6.45) is 0. The molecule has 3 aliphatic rings. The van der Waals surface area contributed by atoms with E-state index in [-0.39, 0.29) is 5.97 Å². The SMILES string of the molecule is Cc1ccc2c(c1)CN1c3ccc(C)cc3CN2C12OC(=O)c1cc3ccccc3cc12. The molecular weight excluding hydrogens is 396 g/mol. The lowest BCUT2D eigenvalue weighted by Gasteiger charge is -2.56. The number of nitrogens with zero attached hydrogens (tertiary/aromatic N) is 2. The van der Waals surface area contributed by atoms with Crippen LogP contribution in [-0.4, -0.2) is 5.97 Å². The number of rotatable bonds is 0. The summed E-state index contributed by atoms with van der Waals surface area (Å²) < 4.78 is 6.39. The normalized spacial score (nSPS) is 17.2. The zero-order valence-electron chi connectivity index (χ0n) is 18.1. The van der Waals surface area contributed by atoms with Gasteiger partial charge in [0.1, 0.15) is 0 Å². The molecule has 7 rings (SSSR count). The predicted molar refractivity (Wildman–Crippen MR) is 126 cm³/mol. The van der Waals surface area contributed by atoms with Crippen molar-refractivity contribution in [3.05, 3.63) is 106 Å². The van der Waals surface area contributed by atoms with Crippen LogP contribution in [0.2, 0.25) is 0 Å². The predicted octanol–water partition coefficient (Wildman–Crippen LogP) is 5.78. The van der Waals surface area contributed by atoms with E-state index in [1.807, 2.05) is 24.3 Å². The second kappa shape index (κ2) is 5.92. The number of benzene rings is 4. The first-order chi connectivity index (χ1) is 15.5. The van der Waals surface area contributed by atoms with Crippen molar-refractivity contribution < 1.29 is 9.53 Å². The fourth-order valence-electron chi connectivity index (χ4n) is 5.72. The molecule has 0 saturated carbocycles. The van der Waals surface area contributed by atoms with Crippen LogP contribution < -0.4 is 9.80 Å². The lowest BCUT2D eigenvalue weighted by molar-refractivity contribution is -0.0189. The van der Waals surface area contributed by atoms with Gasteiger partial charge in [0.25, 0.3) is 5.85 Å². The summed E-state index contributed by atoms with van der Waals surface area (Å²) in [6.45, 7) is 5.62. The van der Waals surface area contributed by atoms with Gasteiger partial charge in [-0.05, 0) is 60.0 Å². The Morgan fingerprint density at radius 3 is 1.91 bits per heavy atom. The third kappa shape index (κ3) is 2.14. The molecule has 4 nitrogen and oxygen atoms in total. The van der Waals surface area contributed by atoms with E-state index in [0.29, 0.717) is 18.7 Å². The lowest BCUT2D eigenvalue weighted by atomic mass is 9.90. The largest absolute Gasteiger partial charge is 0.411 e. The van der Waals surface area contributed by atoms with E-state index in [0.717, 1.165) is 27.7 Å². The van der Waals surface area contributed by atoms with E-state index in [1.165, 1.54) is 22.3 Å². The Kier molecular flexibility index (Phi) is 3.30. The summed E-state index contributed by atoms with van der Waals surface area (Å²) in [5, 5.41) is 2.17. The van der Waals surface area contributed by atoms with E-state index in [2.05, 4.69) is 72.2 Å². The number of carbonyl (C=O) groups is 1. The number of carbonyl (C=O) groups excluding carboxylic acids is 1. The maximum atomic E-state index is 13.3. The fourth-order valence-corrected chi connectivity index (χ4v) is 5.72. The molecule has 0 N–H and O–H groups in total. The molecule has 1 spiro atoms. The Bertz CT molecular complexity index is 1410. The van der Waals surface area contributed by atoms with Gasteiger partial charge in [-0.1, -0.05) is 59.7 Å². The zero-order valence-corrected chi connectivity index (χ0v) is 18.1. The third-order valence-electron chi connectivity index (χ3n) is 7.13. The maximum Gasteiger partial charge on any atom is 0.342 e. The van der Waals surface area contributed by atoms with Gasteiger partial charge in [-0.25, -0.2) is 4.79 Å². The number of ether oxygens (including phenoxy) is 1. The molecule has 0 amide bonds. The summed E-state index contributed by atoms with van der Waals surface area (Å²) >= 11 is 0. The number of anilines is 2. The van der Waals surface area contributed by atoms with Gasteiger partial charge in [0.05, 0.1) is 24.2 Å². The van der Waals surface area contributed by atoms with Crippen molar-refractivity contribution in [1.29, 1.82) is 0 Å². The minimum Gasteiger partial charge on any atom is -0.411 e. The smallest absolute Gasteiger partial charge is 0.342 e. The van der Waals surface area contributed by atoms with Crippen molar-refractivity contribution in [3.63, 3.8) is 0 Å². The average Bonchev–Trinajstić information content (AvgIpc) is 3.05. The second-order valence-corrected chi connectivity index (χ2v) is 9.18. The molecule has 32 heavy (non-hydrogen) atoms. The van der Waals surface area contributed by atoms with Crippen molar-refractivity contribution in [2.24, 2.45) is 0 Å². The molecule has 3 aliphatic heterocycles. The molecule has 3 heterocycles. The Labute approximate surface area is 186 Å². The van der Waals surface area contributed by atoms with Crippen LogP contribution in [0.1, 0.15) is 38.2 Å². The average molecular weight is 418 g/mol. The van der Waals surface area contributed by atoms with Gasteiger partial charge in [0.15, 0.2) is 0 Å². The molecule has 156 valence electrons. The second-order valence-electron chi connectivity index (χ2n) is 9.18. The minimum absolute atomic E-state index is 0.258. The fraction of sp³-hybridized carbons (Fsp3) is 0.179. The van der Waals surface area contributed by atoms with Gasteiger partial charge in [-0.2, -0.15) is 0 Å². The highest BCUT2D eigenvalue weighted by Gasteiger charge is 2.59. The van der Waals surface area contributed by atoms with Crippen LogP contribution in [0.25, 0.3) is 10.8 Å². The molecule has 4 aromatic carbocycles. The molecule has 0 radical (unpaired) electrons. The van der Waals surface area contributed by atoms with E-state index < -0.39 is 5.85 Å². The number of esters is 1. The van der Waals surface area contributed by atoms with Crippen LogP contribution in [-0.2, 0) is 23.7 Å². The topological polar surface area (TPSA) is 32.8 Å². The summed E-state index contributed by atoms with van der Waals surface area (Å²) in [5.41, 5.74) is 8.83. The molecule has 4 aromatic rings. The molecule has 0 atom stereocenters. The Morgan fingerprint density at radius 1 is 0.750 bits per heavy atom. The first kappa shape index (κ1) is 17.8. The molecule has 0 fully saturated rings. The summed E-state index contributed by atoms with van der Waals surface area (Å²) in [6, 6.07) is 25.5. The molecule has 4 heteroatoms. The summed E-state index contributed by atoms with van der Waals surface area (Å²) in [4.78, 5) is 17.8. The van der Waals surface area contributed by atoms with E-state index in [1.54, 1.807) is 0 Å². The van der Waals surface area contributed by atoms with Gasteiger partial charge in [-0.3, -0.25) is 0 Å². The van der Waals surface area contributed by atoms with E-state index >= 15 is 0 Å². The lowest BCUT2D eigenvalue weighted by Crippen LogP contribution is -2.63. The van der Waals surface area contributed by atoms with Crippen molar-refractivity contribution in [2.45, 2.75) is 32.8 Å². The van der Waals surface area contributed by atoms with Crippen LogP contribution in [0.3, 0.4) is 0 Å². The van der Waals surface area contributed by atoms with Crippen molar-refractivity contribution in [1.82, 2.24) is 0 Å². The monoisotopic (exact) mass is 418 g/mol. The quantitative estimate of drug-likeness (QED) is 0.339. The van der Waals surface area contributed by atoms with Crippen LogP contribution in [0.4, 0.5) is 11.4 Å². The highest BCUT2D eigenvalue weighted by molar-refractivity contribution is 6.01. The number of hydrogen-bond donors (Lipinski definition) is 0. The van der Waals surface area contributed by atoms with E-state index in [9.17, 15) is 4.79 Å². The van der Waals surface area contributed by atoms with Gasteiger partial charge in [-0.15, -0.1) is 0 Å². The third-order valence-corrected chi connectivity index (χ3v) is 7.13. The molecule has 2 bridgehead atoms. The van der Waals surface area contributed by atoms with Gasteiger partial charge >= 0.3 is 5.97 Å². The zero-order chi connectivity index (χ0) is 21.6. The van der Waals surface area contributed by atoms with Crippen LogP contribution in [0, 0.1) is 13.8 Å². The number of fused-ring (bicyclic) bond motifs is 6. The molecule has 0 aromatic heterocycles. The first-order valence-corrected chi connectivity index (χ1v) is 11.1. The maximum absolute atomic E-state index is 13.3. The molecular formula is C28H22N2O2. The Hall–Kier alpha value is -3.79. The van der Waals surface area contributed by atoms with Crippen LogP contribution >= 0.6 is 0 Å². The summed E-state index contributed by atoms with van der Waals surface area (Å²) in [7, 11) is 0. The van der Waals surface area contributed by atoms with Crippen molar-refractivity contribution >= 4 is 28.1 Å². The van der Waals surface area contributed by atoms with Crippen molar-refractivity contribution in [3.8, 4) is 0 Å².